The number of carbonyl (C=O) groups is 1. The van der Waals surface area contributed by atoms with E-state index in [1.54, 1.807) is 0 Å². The zero-order valence-electron chi connectivity index (χ0n) is 15.4. The van der Waals surface area contributed by atoms with Crippen LogP contribution in [0.1, 0.15) is 0 Å². The first-order valence-electron chi connectivity index (χ1n) is 2.21. The molecule has 27 N–H and O–H groups in total. The molecule has 0 aliphatic carbocycles. The average molecular weight is 1100 g/mol. The van der Waals surface area contributed by atoms with Crippen LogP contribution in [-0.4, -0.2) is 245 Å². The van der Waals surface area contributed by atoms with Gasteiger partial charge in [0, 0.05) is 88.0 Å². The van der Waals surface area contributed by atoms with Crippen molar-refractivity contribution in [1.82, 2.24) is 5.48 Å². The van der Waals surface area contributed by atoms with Gasteiger partial charge in [0.15, 0.2) is 0 Å². The molecule has 0 aromatic carbocycles. The van der Waals surface area contributed by atoms with Crippen molar-refractivity contribution in [2.24, 2.45) is 5.73 Å². The summed E-state index contributed by atoms with van der Waals surface area (Å²) >= 11 is 1.25. The van der Waals surface area contributed by atoms with Crippen LogP contribution < -0.4 is 11.2 Å². The molecule has 0 rings (SSSR count). The summed E-state index contributed by atoms with van der Waals surface area (Å²) in [5, 5.41) is 7.42. The van der Waals surface area contributed by atoms with Gasteiger partial charge in [0.25, 0.3) is 0 Å². The molecule has 2 amide bonds. The van der Waals surface area contributed by atoms with Gasteiger partial charge in [0.2, 0.25) is 0 Å². The number of nitrogens with one attached hydrogen (secondary N) is 1. The number of rotatable bonds is 0. The number of primary amides is 1. The first kappa shape index (κ1) is 239. The molecule has 0 heterocycles. The summed E-state index contributed by atoms with van der Waals surface area (Å²) in [7, 11) is 0. The average Bonchev–Trinajstić information content (AvgIpc) is 2.40. The first-order chi connectivity index (χ1) is 7.68. The molecule has 31 heteroatoms. The van der Waals surface area contributed by atoms with E-state index in [2.05, 4.69) is 5.73 Å². The summed E-state index contributed by atoms with van der Waals surface area (Å²) in [4.78, 5) is 9.23. The van der Waals surface area contributed by atoms with Gasteiger partial charge < -0.3 is 66.0 Å². The molecule has 0 aromatic rings. The van der Waals surface area contributed by atoms with E-state index < -0.39 is 21.7 Å². The van der Waals surface area contributed by atoms with Crippen LogP contribution in [0.15, 0.2) is 0 Å². The third-order valence-electron chi connectivity index (χ3n) is 0.110. The SMILES string of the molecule is NC(=O)NO.O.O.O.O.O.O.O.O.O.O.O.[Ge].[Ge].[Ge].[Ge].[Ge].[O]=[Ge].[O]=[Ge].[O]=[Ge].[O]=[Ge].[O]=[Ge][OH]. The van der Waals surface area contributed by atoms with E-state index in [1.165, 1.54) is 5.48 Å². The zero-order chi connectivity index (χ0) is 15.0. The van der Waals surface area contributed by atoms with Crippen molar-refractivity contribution in [3.8, 4) is 0 Å². The zero-order valence-corrected chi connectivity index (χ0v) is 36.4. The summed E-state index contributed by atoms with van der Waals surface area (Å²) < 4.78 is 48.8. The van der Waals surface area contributed by atoms with Crippen LogP contribution in [0.2, 0.25) is 0 Å². The second kappa shape index (κ2) is 577. The number of urea groups is 1. The number of hydroxylamine groups is 1. The number of hydrogen-bond acceptors (Lipinski definition) is 7. The molecule has 0 aliphatic heterocycles. The van der Waals surface area contributed by atoms with E-state index in [1.807, 2.05) is 0 Å². The molecule has 0 spiro atoms. The molecule has 29 radical (unpaired) electrons. The van der Waals surface area contributed by atoms with Crippen LogP contribution in [0.5, 0.6) is 0 Å². The standard InChI is InChI=1S/CH4N2O2.GeHO2.4GeO.5Ge.11H2O/c2-1(4)3-5;2-1-3;4*1-2;;;;;;;;;;;;;;;;/h5H,(H3,2,3,4);2H;;;;;;;;;;11*1H2. The van der Waals surface area contributed by atoms with Crippen LogP contribution >= 0.6 is 0 Å². The third kappa shape index (κ3) is 1340. The normalized spacial score (nSPS) is 1.91. The molecule has 0 fully saturated rings. The fourth-order valence-corrected chi connectivity index (χ4v) is 0. The van der Waals surface area contributed by atoms with Crippen LogP contribution in [-0.2, 0) is 18.9 Å². The molecule has 0 atom stereocenters. The molecule has 0 unspecified atom stereocenters. The van der Waals surface area contributed by atoms with Gasteiger partial charge in [0.05, 0.1) is 0 Å². The molecule has 0 aliphatic rings. The maximum absolute atomic E-state index is 9.23. The van der Waals surface area contributed by atoms with Crippen molar-refractivity contribution in [1.29, 1.82) is 0 Å². The first-order valence-corrected chi connectivity index (χ1v) is 7.43. The molecular weight excluding hydrogens is 1070 g/mol. The Bertz CT molecular complexity index is 137. The van der Waals surface area contributed by atoms with E-state index in [4.69, 9.17) is 28.2 Å². The third-order valence-corrected chi connectivity index (χ3v) is 0.110. The molecule has 0 saturated carbocycles. The van der Waals surface area contributed by atoms with Crippen LogP contribution in [0.3, 0.4) is 0 Å². The number of nitrogens with two attached hydrogens (primary N) is 1. The van der Waals surface area contributed by atoms with E-state index in [0.717, 1.165) is 65.8 Å². The minimum absolute atomic E-state index is 0. The van der Waals surface area contributed by atoms with Crippen LogP contribution in [0.4, 0.5) is 4.79 Å². The van der Waals surface area contributed by atoms with E-state index >= 15 is 0 Å². The quantitative estimate of drug-likeness (QED) is 0.102. The number of amides is 2. The van der Waals surface area contributed by atoms with Crippen molar-refractivity contribution in [3.05, 3.63) is 0 Å². The molecule has 0 aromatic heterocycles. The Kier molecular flexibility index (Phi) is 4310. The predicted octanol–water partition coefficient (Wildman–Crippen LogP) is -15.0. The molecule has 0 bridgehead atoms. The van der Waals surface area contributed by atoms with E-state index in [9.17, 15) is 4.79 Å². The van der Waals surface area contributed by atoms with Gasteiger partial charge in [-0.15, -0.1) is 0 Å². The van der Waals surface area contributed by atoms with Crippen LogP contribution in [0, 0.1) is 0 Å². The van der Waals surface area contributed by atoms with Crippen LogP contribution in [0.25, 0.3) is 0 Å². The summed E-state index contributed by atoms with van der Waals surface area (Å²) in [5.74, 6) is 0. The minimum atomic E-state index is -1.75. The maximum atomic E-state index is 9.23. The van der Waals surface area contributed by atoms with Crippen molar-refractivity contribution in [2.75, 3.05) is 0 Å². The van der Waals surface area contributed by atoms with Crippen molar-refractivity contribution in [2.45, 2.75) is 0 Å². The molecule has 195 valence electrons. The molecule has 32 heavy (non-hydrogen) atoms. The second-order valence-corrected chi connectivity index (χ2v) is 0.950. The van der Waals surface area contributed by atoms with Crippen molar-refractivity contribution in [3.63, 3.8) is 0 Å². The Labute approximate surface area is 276 Å². The fraction of sp³-hybridized carbons (Fsp3) is 0. The van der Waals surface area contributed by atoms with Gasteiger partial charge in [-0.2, -0.15) is 0 Å². The Morgan fingerprint density at radius 1 is 0.562 bits per heavy atom. The van der Waals surface area contributed by atoms with Gasteiger partial charge in [-0.3, -0.25) is 5.21 Å². The van der Waals surface area contributed by atoms with E-state index in [-0.39, 0.29) is 148 Å². The monoisotopic (exact) mass is 1110 g/mol. The molecule has 0 saturated heterocycles. The topological polar surface area (TPSA) is 527 Å². The van der Waals surface area contributed by atoms with Gasteiger partial charge in [-0.1, -0.05) is 0 Å². The Morgan fingerprint density at radius 2 is 0.594 bits per heavy atom. The van der Waals surface area contributed by atoms with Crippen molar-refractivity contribution < 1.29 is 93.3 Å². The van der Waals surface area contributed by atoms with Gasteiger partial charge in [0.1, 0.15) is 0 Å². The summed E-state index contributed by atoms with van der Waals surface area (Å²) in [6.07, 6.45) is 0. The Balaban J connectivity index is -0.00000000175. The van der Waals surface area contributed by atoms with Gasteiger partial charge in [-0.05, 0) is 0 Å². The number of carbonyl (C=O) groups excluding carboxylic acids is 1. The molecular formula is CH27Ge10N2O19. The summed E-state index contributed by atoms with van der Waals surface area (Å²) in [5.41, 5.74) is 5.46. The Hall–Kier alpha value is 3.02. The van der Waals surface area contributed by atoms with Crippen molar-refractivity contribution >= 4 is 176 Å². The fourth-order valence-electron chi connectivity index (χ4n) is 0. The Morgan fingerprint density at radius 3 is 0.594 bits per heavy atom. The second-order valence-electron chi connectivity index (χ2n) is 0.567. The summed E-state index contributed by atoms with van der Waals surface area (Å²) in [6, 6.07) is -0.940. The van der Waals surface area contributed by atoms with E-state index in [0.29, 0.717) is 0 Å². The molecule has 21 nitrogen and oxygen atoms in total. The van der Waals surface area contributed by atoms with Gasteiger partial charge >= 0.3 is 111 Å². The predicted molar refractivity (Wildman–Crippen MR) is 117 cm³/mol. The number of hydrogen-bond donors (Lipinski definition) is 4. The van der Waals surface area contributed by atoms with Gasteiger partial charge in [-0.25, -0.2) is 10.3 Å². The summed E-state index contributed by atoms with van der Waals surface area (Å²) in [6.45, 7) is 0.